The molecule has 0 aliphatic carbocycles. The van der Waals surface area contributed by atoms with E-state index in [4.69, 9.17) is 0 Å². The molecule has 1 aromatic heterocycles. The van der Waals surface area contributed by atoms with Crippen molar-refractivity contribution in [3.05, 3.63) is 18.0 Å². The minimum atomic E-state index is -0.637. The largest absolute Gasteiger partial charge is 0.481 e. The summed E-state index contributed by atoms with van der Waals surface area (Å²) in [6.07, 6.45) is 4.14. The van der Waals surface area contributed by atoms with Crippen molar-refractivity contribution in [1.29, 1.82) is 0 Å². The van der Waals surface area contributed by atoms with Crippen molar-refractivity contribution < 1.29 is 9.90 Å². The van der Waals surface area contributed by atoms with Gasteiger partial charge in [-0.15, -0.1) is 0 Å². The highest BCUT2D eigenvalue weighted by Gasteiger charge is 2.39. The first-order chi connectivity index (χ1) is 8.55. The van der Waals surface area contributed by atoms with Gasteiger partial charge in [-0.2, -0.15) is 5.10 Å². The highest BCUT2D eigenvalue weighted by atomic mass is 16.4. The maximum atomic E-state index is 11.3. The third kappa shape index (κ3) is 2.56. The number of nitrogens with zero attached hydrogens (tertiary/aromatic N) is 3. The summed E-state index contributed by atoms with van der Waals surface area (Å²) in [5, 5.41) is 13.7. The van der Waals surface area contributed by atoms with Gasteiger partial charge >= 0.3 is 5.97 Å². The van der Waals surface area contributed by atoms with Gasteiger partial charge in [0, 0.05) is 19.8 Å². The van der Waals surface area contributed by atoms with E-state index in [0.29, 0.717) is 0 Å². The second-order valence-corrected chi connectivity index (χ2v) is 5.20. The second kappa shape index (κ2) is 5.10. The van der Waals surface area contributed by atoms with Gasteiger partial charge in [-0.25, -0.2) is 0 Å². The molecule has 0 spiro atoms. The number of carboxylic acid groups (broad SMARTS) is 1. The Kier molecular flexibility index (Phi) is 3.71. The summed E-state index contributed by atoms with van der Waals surface area (Å²) in [6, 6.07) is 2.01. The van der Waals surface area contributed by atoms with E-state index in [2.05, 4.69) is 10.00 Å². The summed E-state index contributed by atoms with van der Waals surface area (Å²) in [7, 11) is 1.91. The van der Waals surface area contributed by atoms with Gasteiger partial charge in [0.25, 0.3) is 0 Å². The van der Waals surface area contributed by atoms with E-state index >= 15 is 0 Å². The molecule has 0 radical (unpaired) electrons. The third-order valence-corrected chi connectivity index (χ3v) is 4.10. The fourth-order valence-corrected chi connectivity index (χ4v) is 2.63. The molecule has 0 atom stereocenters. The minimum absolute atomic E-state index is 0.499. The van der Waals surface area contributed by atoms with Crippen LogP contribution < -0.4 is 0 Å². The summed E-state index contributed by atoms with van der Waals surface area (Å²) in [5.41, 5.74) is 0.553. The third-order valence-electron chi connectivity index (χ3n) is 4.10. The van der Waals surface area contributed by atoms with Crippen molar-refractivity contribution in [3.63, 3.8) is 0 Å². The molecule has 1 N–H and O–H groups in total. The van der Waals surface area contributed by atoms with Gasteiger partial charge in [0.2, 0.25) is 0 Å². The second-order valence-electron chi connectivity index (χ2n) is 5.20. The molecule has 0 saturated carbocycles. The topological polar surface area (TPSA) is 58.4 Å². The van der Waals surface area contributed by atoms with Crippen LogP contribution in [0.15, 0.2) is 12.3 Å². The van der Waals surface area contributed by atoms with Crippen molar-refractivity contribution >= 4 is 5.97 Å². The molecule has 1 aliphatic rings. The Morgan fingerprint density at radius 3 is 2.61 bits per heavy atom. The van der Waals surface area contributed by atoms with Gasteiger partial charge in [-0.1, -0.05) is 6.92 Å². The molecule has 1 aliphatic heterocycles. The van der Waals surface area contributed by atoms with E-state index in [1.54, 1.807) is 4.68 Å². The van der Waals surface area contributed by atoms with Crippen LogP contribution in [0.2, 0.25) is 0 Å². The molecule has 0 unspecified atom stereocenters. The number of carboxylic acids is 1. The monoisotopic (exact) mass is 251 g/mol. The van der Waals surface area contributed by atoms with Crippen LogP contribution in [0.4, 0.5) is 0 Å². The van der Waals surface area contributed by atoms with Gasteiger partial charge in [-0.3, -0.25) is 14.4 Å². The number of aromatic nitrogens is 2. The Labute approximate surface area is 107 Å². The molecule has 100 valence electrons. The van der Waals surface area contributed by atoms with Gasteiger partial charge in [-0.05, 0) is 38.4 Å². The molecule has 1 aromatic rings. The van der Waals surface area contributed by atoms with Crippen LogP contribution in [0.25, 0.3) is 0 Å². The first-order valence-electron chi connectivity index (χ1n) is 6.50. The lowest BCUT2D eigenvalue weighted by molar-refractivity contribution is -0.152. The molecule has 1 saturated heterocycles. The summed E-state index contributed by atoms with van der Waals surface area (Å²) in [5.74, 6) is -0.637. The summed E-state index contributed by atoms with van der Waals surface area (Å²) < 4.78 is 1.80. The predicted octanol–water partition coefficient (Wildman–Crippen LogP) is 1.50. The highest BCUT2D eigenvalue weighted by Crippen LogP contribution is 2.35. The fraction of sp³-hybridized carbons (Fsp3) is 0.692. The van der Waals surface area contributed by atoms with Gasteiger partial charge < -0.3 is 5.11 Å². The minimum Gasteiger partial charge on any atom is -0.481 e. The molecule has 2 heterocycles. The van der Waals surface area contributed by atoms with E-state index < -0.39 is 11.4 Å². The number of piperidine rings is 1. The maximum absolute atomic E-state index is 11.3. The fourth-order valence-electron chi connectivity index (χ4n) is 2.63. The van der Waals surface area contributed by atoms with Crippen molar-refractivity contribution in [3.8, 4) is 0 Å². The van der Waals surface area contributed by atoms with Crippen molar-refractivity contribution in [2.75, 3.05) is 13.1 Å². The standard InChI is InChI=1S/C13H21N3O2/c1-3-13(12(17)18)5-8-16(9-6-13)10-11-4-7-15(2)14-11/h4,7H,3,5-6,8-10H2,1-2H3,(H,17,18). The molecular weight excluding hydrogens is 230 g/mol. The van der Waals surface area contributed by atoms with Crippen LogP contribution in [-0.4, -0.2) is 38.8 Å². The molecule has 1 fully saturated rings. The molecule has 0 aromatic carbocycles. The first-order valence-corrected chi connectivity index (χ1v) is 6.50. The maximum Gasteiger partial charge on any atom is 0.309 e. The molecule has 5 nitrogen and oxygen atoms in total. The van der Waals surface area contributed by atoms with Crippen LogP contribution in [0.3, 0.4) is 0 Å². The van der Waals surface area contributed by atoms with Crippen molar-refractivity contribution in [2.45, 2.75) is 32.7 Å². The number of hydrogen-bond acceptors (Lipinski definition) is 3. The van der Waals surface area contributed by atoms with Crippen LogP contribution >= 0.6 is 0 Å². The van der Waals surface area contributed by atoms with E-state index in [1.807, 2.05) is 26.2 Å². The normalized spacial score (nSPS) is 19.9. The Balaban J connectivity index is 1.92. The predicted molar refractivity (Wildman–Crippen MR) is 68.1 cm³/mol. The quantitative estimate of drug-likeness (QED) is 0.881. The number of rotatable bonds is 4. The number of hydrogen-bond donors (Lipinski definition) is 1. The smallest absolute Gasteiger partial charge is 0.309 e. The van der Waals surface area contributed by atoms with Crippen LogP contribution in [0.1, 0.15) is 31.9 Å². The lowest BCUT2D eigenvalue weighted by Gasteiger charge is -2.38. The van der Waals surface area contributed by atoms with E-state index in [9.17, 15) is 9.90 Å². The summed E-state index contributed by atoms with van der Waals surface area (Å²) in [6.45, 7) is 4.48. The summed E-state index contributed by atoms with van der Waals surface area (Å²) in [4.78, 5) is 13.6. The zero-order chi connectivity index (χ0) is 13.2. The van der Waals surface area contributed by atoms with Crippen LogP contribution in [0, 0.1) is 5.41 Å². The average molecular weight is 251 g/mol. The SMILES string of the molecule is CCC1(C(=O)O)CCN(Cc2ccn(C)n2)CC1. The van der Waals surface area contributed by atoms with Gasteiger partial charge in [0.1, 0.15) is 0 Å². The molecular formula is C13H21N3O2. The lowest BCUT2D eigenvalue weighted by Crippen LogP contribution is -2.43. The first kappa shape index (κ1) is 13.1. The number of aryl methyl sites for hydroxylation is 1. The lowest BCUT2D eigenvalue weighted by atomic mass is 9.76. The average Bonchev–Trinajstić information content (AvgIpc) is 2.76. The van der Waals surface area contributed by atoms with E-state index in [1.165, 1.54) is 0 Å². The van der Waals surface area contributed by atoms with Crippen molar-refractivity contribution in [2.24, 2.45) is 12.5 Å². The van der Waals surface area contributed by atoms with Crippen LogP contribution in [-0.2, 0) is 18.4 Å². The molecule has 0 bridgehead atoms. The highest BCUT2D eigenvalue weighted by molar-refractivity contribution is 5.74. The number of carbonyl (C=O) groups is 1. The zero-order valence-corrected chi connectivity index (χ0v) is 11.1. The van der Waals surface area contributed by atoms with E-state index in [0.717, 1.165) is 44.6 Å². The number of likely N-dealkylation sites (tertiary alicyclic amines) is 1. The zero-order valence-electron chi connectivity index (χ0n) is 11.1. The van der Waals surface area contributed by atoms with Gasteiger partial charge in [0.05, 0.1) is 11.1 Å². The Morgan fingerprint density at radius 1 is 1.50 bits per heavy atom. The van der Waals surface area contributed by atoms with Crippen LogP contribution in [0.5, 0.6) is 0 Å². The summed E-state index contributed by atoms with van der Waals surface area (Å²) >= 11 is 0. The molecule has 5 heteroatoms. The van der Waals surface area contributed by atoms with Crippen molar-refractivity contribution in [1.82, 2.24) is 14.7 Å². The Hall–Kier alpha value is -1.36. The number of aliphatic carboxylic acids is 1. The van der Waals surface area contributed by atoms with Gasteiger partial charge in [0.15, 0.2) is 0 Å². The Morgan fingerprint density at radius 2 is 2.17 bits per heavy atom. The molecule has 2 rings (SSSR count). The molecule has 18 heavy (non-hydrogen) atoms. The Bertz CT molecular complexity index is 420. The molecule has 0 amide bonds. The van der Waals surface area contributed by atoms with E-state index in [-0.39, 0.29) is 0 Å².